The van der Waals surface area contributed by atoms with Crippen LogP contribution in [0.15, 0.2) is 0 Å². The van der Waals surface area contributed by atoms with Crippen molar-refractivity contribution >= 4 is 45.0 Å². The van der Waals surface area contributed by atoms with Gasteiger partial charge in [-0.2, -0.15) is 0 Å². The molecule has 8 heteroatoms. The standard InChI is InChI=1S/CH4N2O.Cl3OP/c2-1(3)4;1-5(2,3)4/h(H4,2,3,4);. The van der Waals surface area contributed by atoms with Crippen LogP contribution in [0.3, 0.4) is 0 Å². The lowest BCUT2D eigenvalue weighted by atomic mass is 11.2. The zero-order valence-corrected chi connectivity index (χ0v) is 7.21. The Morgan fingerprint density at radius 3 is 1.22 bits per heavy atom. The summed E-state index contributed by atoms with van der Waals surface area (Å²) >= 11 is 13.8. The van der Waals surface area contributed by atoms with Crippen LogP contribution in [0, 0.1) is 0 Å². The molecule has 9 heavy (non-hydrogen) atoms. The molecule has 0 unspecified atom stereocenters. The monoisotopic (exact) mass is 212 g/mol. The van der Waals surface area contributed by atoms with Crippen LogP contribution < -0.4 is 11.5 Å². The number of carbonyl (C=O) groups excluding carboxylic acids is 1. The van der Waals surface area contributed by atoms with Crippen molar-refractivity contribution in [1.82, 2.24) is 0 Å². The summed E-state index contributed by atoms with van der Waals surface area (Å²) in [6.45, 7) is 0. The molecule has 0 aliphatic heterocycles. The maximum Gasteiger partial charge on any atom is 0.339 e. The van der Waals surface area contributed by atoms with E-state index < -0.39 is 11.2 Å². The first-order chi connectivity index (χ1) is 3.73. The minimum atomic E-state index is -3.22. The lowest BCUT2D eigenvalue weighted by Crippen LogP contribution is -2.18. The van der Waals surface area contributed by atoms with E-state index in [4.69, 9.17) is 4.79 Å². The van der Waals surface area contributed by atoms with E-state index >= 15 is 0 Å². The van der Waals surface area contributed by atoms with E-state index in [1.807, 2.05) is 0 Å². The lowest BCUT2D eigenvalue weighted by molar-refractivity contribution is 0.256. The van der Waals surface area contributed by atoms with Gasteiger partial charge in [0, 0.05) is 0 Å². The summed E-state index contributed by atoms with van der Waals surface area (Å²) in [7, 11) is 0. The summed E-state index contributed by atoms with van der Waals surface area (Å²) < 4.78 is 9.51. The molecule has 0 bridgehead atoms. The number of urea groups is 1. The molecule has 0 fully saturated rings. The van der Waals surface area contributed by atoms with E-state index in [0.29, 0.717) is 0 Å². The van der Waals surface area contributed by atoms with Gasteiger partial charge >= 0.3 is 11.2 Å². The molecule has 0 radical (unpaired) electrons. The van der Waals surface area contributed by atoms with Gasteiger partial charge in [0.15, 0.2) is 0 Å². The molecule has 4 nitrogen and oxygen atoms in total. The molecule has 0 aliphatic carbocycles. The molecule has 2 amide bonds. The Balaban J connectivity index is 0. The summed E-state index contributed by atoms with van der Waals surface area (Å²) in [6.07, 6.45) is 0. The number of carbonyl (C=O) groups is 1. The number of halogens is 3. The molecule has 0 atom stereocenters. The Kier molecular flexibility index (Phi) is 6.95. The third-order valence-corrected chi connectivity index (χ3v) is 0. The van der Waals surface area contributed by atoms with E-state index in [0.717, 1.165) is 0 Å². The van der Waals surface area contributed by atoms with E-state index in [1.54, 1.807) is 0 Å². The second-order valence-corrected chi connectivity index (χ2v) is 7.44. The smallest absolute Gasteiger partial charge is 0.339 e. The van der Waals surface area contributed by atoms with Crippen molar-refractivity contribution in [3.63, 3.8) is 0 Å². The zero-order valence-electron chi connectivity index (χ0n) is 4.05. The molecule has 56 valence electrons. The molecule has 0 saturated heterocycles. The Morgan fingerprint density at radius 2 is 1.22 bits per heavy atom. The minimum Gasteiger partial charge on any atom is -0.352 e. The molecule has 0 spiro atoms. The van der Waals surface area contributed by atoms with Gasteiger partial charge in [0.05, 0.1) is 0 Å². The highest BCUT2D eigenvalue weighted by Crippen LogP contribution is 2.61. The van der Waals surface area contributed by atoms with Crippen LogP contribution in [0.5, 0.6) is 0 Å². The average Bonchev–Trinajstić information content (AvgIpc) is 1.19. The molecule has 0 rings (SSSR count). The molecular formula is CH4Cl3N2O2P. The maximum absolute atomic E-state index is 9.51. The van der Waals surface area contributed by atoms with Gasteiger partial charge in [-0.15, -0.1) is 0 Å². The van der Waals surface area contributed by atoms with Gasteiger partial charge in [0.25, 0.3) is 0 Å². The van der Waals surface area contributed by atoms with Crippen LogP contribution in [0.2, 0.25) is 0 Å². The van der Waals surface area contributed by atoms with Crippen LogP contribution in [0.25, 0.3) is 0 Å². The first kappa shape index (κ1) is 12.1. The normalized spacial score (nSPS) is 9.22. The van der Waals surface area contributed by atoms with Crippen LogP contribution in [0.4, 0.5) is 4.79 Å². The van der Waals surface area contributed by atoms with Gasteiger partial charge in [0.1, 0.15) is 0 Å². The van der Waals surface area contributed by atoms with Crippen molar-refractivity contribution in [1.29, 1.82) is 0 Å². The van der Waals surface area contributed by atoms with Crippen molar-refractivity contribution in [3.8, 4) is 0 Å². The first-order valence-electron chi connectivity index (χ1n) is 1.47. The Labute approximate surface area is 66.2 Å². The van der Waals surface area contributed by atoms with Crippen molar-refractivity contribution in [2.24, 2.45) is 11.5 Å². The fraction of sp³-hybridized carbons (Fsp3) is 0. The summed E-state index contributed by atoms with van der Waals surface area (Å²) in [6, 6.07) is -0.833. The van der Waals surface area contributed by atoms with Gasteiger partial charge in [-0.3, -0.25) is 4.57 Å². The fourth-order valence-electron chi connectivity index (χ4n) is 0. The summed E-state index contributed by atoms with van der Waals surface area (Å²) in [5, 5.41) is -3.22. The number of hydrogen-bond donors (Lipinski definition) is 2. The molecule has 4 N–H and O–H groups in total. The van der Waals surface area contributed by atoms with Crippen molar-refractivity contribution < 1.29 is 9.36 Å². The Hall–Kier alpha value is 0.370. The van der Waals surface area contributed by atoms with E-state index in [2.05, 4.69) is 45.2 Å². The van der Waals surface area contributed by atoms with Crippen molar-refractivity contribution in [2.75, 3.05) is 0 Å². The molecule has 0 aliphatic rings. The van der Waals surface area contributed by atoms with E-state index in [1.165, 1.54) is 0 Å². The maximum atomic E-state index is 9.51. The second kappa shape index (κ2) is 5.18. The average molecular weight is 213 g/mol. The molecule has 0 saturated carbocycles. The third kappa shape index (κ3) is 2480. The van der Waals surface area contributed by atoms with Gasteiger partial charge in [0.2, 0.25) is 0 Å². The Bertz CT molecular complexity index is 120. The number of rotatable bonds is 0. The highest BCUT2D eigenvalue weighted by Gasteiger charge is 2.02. The minimum absolute atomic E-state index is 0.833. The molecule has 0 aromatic rings. The SMILES string of the molecule is NC(N)=O.O=P(Cl)(Cl)Cl. The third-order valence-electron chi connectivity index (χ3n) is 0. The van der Waals surface area contributed by atoms with Gasteiger partial charge in [-0.05, 0) is 33.7 Å². The quantitative estimate of drug-likeness (QED) is 0.601. The van der Waals surface area contributed by atoms with E-state index in [-0.39, 0.29) is 0 Å². The summed E-state index contributed by atoms with van der Waals surface area (Å²) in [4.78, 5) is 9.00. The van der Waals surface area contributed by atoms with Crippen LogP contribution in [-0.4, -0.2) is 6.03 Å². The number of nitrogens with two attached hydrogens (primary N) is 2. The highest BCUT2D eigenvalue weighted by molar-refractivity contribution is 8.24. The van der Waals surface area contributed by atoms with Gasteiger partial charge < -0.3 is 11.5 Å². The van der Waals surface area contributed by atoms with Crippen LogP contribution >= 0.6 is 38.9 Å². The topological polar surface area (TPSA) is 86.2 Å². The van der Waals surface area contributed by atoms with Crippen LogP contribution in [-0.2, 0) is 4.57 Å². The molecule has 0 heterocycles. The molecular weight excluding hydrogens is 209 g/mol. The van der Waals surface area contributed by atoms with Crippen molar-refractivity contribution in [2.45, 2.75) is 0 Å². The molecule has 0 aromatic carbocycles. The summed E-state index contributed by atoms with van der Waals surface area (Å²) in [5.74, 6) is 0. The fourth-order valence-corrected chi connectivity index (χ4v) is 0. The second-order valence-electron chi connectivity index (χ2n) is 0.801. The van der Waals surface area contributed by atoms with E-state index in [9.17, 15) is 4.57 Å². The zero-order chi connectivity index (χ0) is 8.08. The highest BCUT2D eigenvalue weighted by atomic mass is 36.0. The number of primary amides is 2. The lowest BCUT2D eigenvalue weighted by Gasteiger charge is -1.74. The van der Waals surface area contributed by atoms with Gasteiger partial charge in [-0.25, -0.2) is 4.79 Å². The predicted octanol–water partition coefficient (Wildman–Crippen LogP) is 1.83. The predicted molar refractivity (Wildman–Crippen MR) is 38.9 cm³/mol. The largest absolute Gasteiger partial charge is 0.352 e. The van der Waals surface area contributed by atoms with Crippen molar-refractivity contribution in [3.05, 3.63) is 0 Å². The Morgan fingerprint density at radius 1 is 1.22 bits per heavy atom. The first-order valence-corrected chi connectivity index (χ1v) is 5.89. The van der Waals surface area contributed by atoms with Crippen LogP contribution in [0.1, 0.15) is 0 Å². The number of hydrogen-bond acceptors (Lipinski definition) is 2. The summed E-state index contributed by atoms with van der Waals surface area (Å²) in [5.41, 5.74) is 8.50. The number of amides is 2. The molecule has 0 aromatic heterocycles. The van der Waals surface area contributed by atoms with Gasteiger partial charge in [-0.1, -0.05) is 0 Å².